The van der Waals surface area contributed by atoms with E-state index in [4.69, 9.17) is 0 Å². The molecule has 3 amide bonds. The maximum Gasteiger partial charge on any atom is 0.317 e. The van der Waals surface area contributed by atoms with Gasteiger partial charge in [0, 0.05) is 43.6 Å². The van der Waals surface area contributed by atoms with Gasteiger partial charge in [0.15, 0.2) is 0 Å². The first-order chi connectivity index (χ1) is 11.5. The van der Waals surface area contributed by atoms with Gasteiger partial charge in [-0.3, -0.25) is 4.79 Å². The largest absolute Gasteiger partial charge is 0.368 e. The van der Waals surface area contributed by atoms with Crippen LogP contribution in [0.25, 0.3) is 0 Å². The Hall–Kier alpha value is -2.28. The van der Waals surface area contributed by atoms with Crippen molar-refractivity contribution in [3.05, 3.63) is 24.3 Å². The normalized spacial score (nSPS) is 14.7. The molecule has 0 radical (unpaired) electrons. The van der Waals surface area contributed by atoms with Crippen LogP contribution in [0.5, 0.6) is 0 Å². The van der Waals surface area contributed by atoms with Crippen molar-refractivity contribution in [3.63, 3.8) is 0 Å². The molecule has 0 atom stereocenters. The number of anilines is 2. The summed E-state index contributed by atoms with van der Waals surface area (Å²) in [5, 5.41) is 8.58. The highest BCUT2D eigenvalue weighted by molar-refractivity contribution is 5.92. The molecule has 1 aliphatic heterocycles. The van der Waals surface area contributed by atoms with Crippen LogP contribution in [0.15, 0.2) is 24.3 Å². The number of carbonyl (C=O) groups is 2. The Bertz CT molecular complexity index is 551. The second-order valence-corrected chi connectivity index (χ2v) is 6.20. The topological polar surface area (TPSA) is 76.7 Å². The van der Waals surface area contributed by atoms with Gasteiger partial charge in [-0.15, -0.1) is 0 Å². The van der Waals surface area contributed by atoms with E-state index in [1.807, 2.05) is 43.0 Å². The number of nitrogens with zero attached hydrogens (tertiary/aromatic N) is 2. The van der Waals surface area contributed by atoms with Crippen LogP contribution in [0.1, 0.15) is 13.8 Å². The maximum absolute atomic E-state index is 12.0. The van der Waals surface area contributed by atoms with Crippen LogP contribution in [0.2, 0.25) is 0 Å². The number of rotatable bonds is 5. The Kier molecular flexibility index (Phi) is 6.43. The van der Waals surface area contributed by atoms with E-state index in [2.05, 4.69) is 20.9 Å². The summed E-state index contributed by atoms with van der Waals surface area (Å²) in [7, 11) is 1.74. The lowest BCUT2D eigenvalue weighted by atomic mass is 10.2. The molecular weight excluding hydrogens is 306 g/mol. The average Bonchev–Trinajstić information content (AvgIpc) is 2.55. The molecule has 0 aliphatic carbocycles. The summed E-state index contributed by atoms with van der Waals surface area (Å²) in [5.41, 5.74) is 1.89. The van der Waals surface area contributed by atoms with E-state index in [-0.39, 0.29) is 18.0 Å². The van der Waals surface area contributed by atoms with Crippen LogP contribution in [0.3, 0.4) is 0 Å². The van der Waals surface area contributed by atoms with Gasteiger partial charge in [0.25, 0.3) is 0 Å². The fourth-order valence-corrected chi connectivity index (χ4v) is 2.63. The van der Waals surface area contributed by atoms with Crippen molar-refractivity contribution in [1.82, 2.24) is 15.5 Å². The zero-order chi connectivity index (χ0) is 17.5. The van der Waals surface area contributed by atoms with Crippen molar-refractivity contribution >= 4 is 23.3 Å². The van der Waals surface area contributed by atoms with Crippen LogP contribution in [0, 0.1) is 0 Å². The first-order valence-electron chi connectivity index (χ1n) is 8.34. The Morgan fingerprint density at radius 2 is 1.71 bits per heavy atom. The number of amides is 3. The SMILES string of the molecule is CNCC(=O)Nc1ccc(N2CCN(C(=O)NC(C)C)CC2)cc1. The van der Waals surface area contributed by atoms with Crippen molar-refractivity contribution in [3.8, 4) is 0 Å². The lowest BCUT2D eigenvalue weighted by Crippen LogP contribution is -2.52. The van der Waals surface area contributed by atoms with E-state index in [1.54, 1.807) is 7.05 Å². The average molecular weight is 333 g/mol. The predicted molar refractivity (Wildman–Crippen MR) is 96.5 cm³/mol. The Morgan fingerprint density at radius 3 is 2.25 bits per heavy atom. The predicted octanol–water partition coefficient (Wildman–Crippen LogP) is 1.08. The molecule has 24 heavy (non-hydrogen) atoms. The van der Waals surface area contributed by atoms with Crippen LogP contribution < -0.4 is 20.9 Å². The Balaban J connectivity index is 1.85. The number of hydrogen-bond acceptors (Lipinski definition) is 4. The lowest BCUT2D eigenvalue weighted by molar-refractivity contribution is -0.115. The molecule has 1 aromatic carbocycles. The summed E-state index contributed by atoms with van der Waals surface area (Å²) in [4.78, 5) is 27.6. The molecule has 132 valence electrons. The third kappa shape index (κ3) is 5.13. The summed E-state index contributed by atoms with van der Waals surface area (Å²) in [5.74, 6) is -0.0602. The van der Waals surface area contributed by atoms with Gasteiger partial charge in [-0.05, 0) is 45.2 Å². The summed E-state index contributed by atoms with van der Waals surface area (Å²) in [6, 6.07) is 7.97. The summed E-state index contributed by atoms with van der Waals surface area (Å²) >= 11 is 0. The molecule has 2 rings (SSSR count). The minimum Gasteiger partial charge on any atom is -0.368 e. The fraction of sp³-hybridized carbons (Fsp3) is 0.529. The smallest absolute Gasteiger partial charge is 0.317 e. The first kappa shape index (κ1) is 18.1. The lowest BCUT2D eigenvalue weighted by Gasteiger charge is -2.36. The third-order valence-electron chi connectivity index (χ3n) is 3.83. The number of urea groups is 1. The molecule has 7 nitrogen and oxygen atoms in total. The van der Waals surface area contributed by atoms with Gasteiger partial charge in [0.2, 0.25) is 5.91 Å². The minimum absolute atomic E-state index is 0.00671. The molecule has 7 heteroatoms. The first-order valence-corrected chi connectivity index (χ1v) is 8.34. The Labute approximate surface area is 143 Å². The summed E-state index contributed by atoms with van der Waals surface area (Å²) < 4.78 is 0. The second-order valence-electron chi connectivity index (χ2n) is 6.20. The minimum atomic E-state index is -0.0602. The number of carbonyl (C=O) groups excluding carboxylic acids is 2. The number of hydrogen-bond donors (Lipinski definition) is 3. The van der Waals surface area contributed by atoms with E-state index in [0.717, 1.165) is 24.5 Å². The van der Waals surface area contributed by atoms with Crippen molar-refractivity contribution in [1.29, 1.82) is 0 Å². The molecule has 0 aromatic heterocycles. The van der Waals surface area contributed by atoms with Crippen LogP contribution in [-0.4, -0.2) is 62.7 Å². The highest BCUT2D eigenvalue weighted by Gasteiger charge is 2.21. The molecule has 1 aromatic rings. The van der Waals surface area contributed by atoms with E-state index < -0.39 is 0 Å². The van der Waals surface area contributed by atoms with Gasteiger partial charge in [0.1, 0.15) is 0 Å². The number of piperazine rings is 1. The highest BCUT2D eigenvalue weighted by Crippen LogP contribution is 2.19. The molecular formula is C17H27N5O2. The highest BCUT2D eigenvalue weighted by atomic mass is 16.2. The van der Waals surface area contributed by atoms with Crippen LogP contribution in [-0.2, 0) is 4.79 Å². The molecule has 0 unspecified atom stereocenters. The number of likely N-dealkylation sites (N-methyl/N-ethyl adjacent to an activating group) is 1. The van der Waals surface area contributed by atoms with Crippen LogP contribution in [0.4, 0.5) is 16.2 Å². The van der Waals surface area contributed by atoms with E-state index in [1.165, 1.54) is 0 Å². The molecule has 0 saturated carbocycles. The third-order valence-corrected chi connectivity index (χ3v) is 3.83. The van der Waals surface area contributed by atoms with Gasteiger partial charge >= 0.3 is 6.03 Å². The monoisotopic (exact) mass is 333 g/mol. The molecule has 0 spiro atoms. The van der Waals surface area contributed by atoms with Gasteiger partial charge < -0.3 is 25.8 Å². The van der Waals surface area contributed by atoms with Gasteiger partial charge in [-0.1, -0.05) is 0 Å². The van der Waals surface area contributed by atoms with Crippen molar-refractivity contribution in [2.45, 2.75) is 19.9 Å². The number of benzene rings is 1. The zero-order valence-electron chi connectivity index (χ0n) is 14.6. The molecule has 0 bridgehead atoms. The molecule has 1 aliphatic rings. The molecule has 1 heterocycles. The van der Waals surface area contributed by atoms with E-state index in [0.29, 0.717) is 19.6 Å². The molecule has 3 N–H and O–H groups in total. The second kappa shape index (κ2) is 8.54. The fourth-order valence-electron chi connectivity index (χ4n) is 2.63. The molecule has 1 saturated heterocycles. The van der Waals surface area contributed by atoms with Gasteiger partial charge in [-0.2, -0.15) is 0 Å². The summed E-state index contributed by atoms with van der Waals surface area (Å²) in [6.45, 7) is 7.24. The van der Waals surface area contributed by atoms with Crippen molar-refractivity contribution in [2.24, 2.45) is 0 Å². The molecule has 1 fully saturated rings. The Morgan fingerprint density at radius 1 is 1.08 bits per heavy atom. The van der Waals surface area contributed by atoms with Crippen molar-refractivity contribution in [2.75, 3.05) is 50.0 Å². The standard InChI is InChI=1S/C17H27N5O2/c1-13(2)19-17(24)22-10-8-21(9-11-22)15-6-4-14(5-7-15)20-16(23)12-18-3/h4-7,13,18H,8-12H2,1-3H3,(H,19,24)(H,20,23). The quantitative estimate of drug-likeness (QED) is 0.754. The summed E-state index contributed by atoms with van der Waals surface area (Å²) in [6.07, 6.45) is 0. The van der Waals surface area contributed by atoms with E-state index in [9.17, 15) is 9.59 Å². The van der Waals surface area contributed by atoms with Crippen LogP contribution >= 0.6 is 0 Å². The number of nitrogens with one attached hydrogen (secondary N) is 3. The van der Waals surface area contributed by atoms with E-state index >= 15 is 0 Å². The maximum atomic E-state index is 12.0. The zero-order valence-corrected chi connectivity index (χ0v) is 14.6. The van der Waals surface area contributed by atoms with Gasteiger partial charge in [-0.25, -0.2) is 4.79 Å². The van der Waals surface area contributed by atoms with Gasteiger partial charge in [0.05, 0.1) is 6.54 Å². The van der Waals surface area contributed by atoms with Crippen molar-refractivity contribution < 1.29 is 9.59 Å².